The minimum atomic E-state index is -0.160. The topological polar surface area (TPSA) is 59.6 Å². The highest BCUT2D eigenvalue weighted by atomic mass is 31.0. The lowest BCUT2D eigenvalue weighted by Crippen LogP contribution is -2.32. The predicted molar refractivity (Wildman–Crippen MR) is 165 cm³/mol. The second kappa shape index (κ2) is 21.4. The van der Waals surface area contributed by atoms with Gasteiger partial charge in [0.1, 0.15) is 23.3 Å². The molecule has 0 aliphatic rings. The number of aliphatic imine (C=N–C) groups is 1. The minimum Gasteiger partial charge on any atom is -0.360 e. The number of halogens is 1. The summed E-state index contributed by atoms with van der Waals surface area (Å²) in [5.74, 6) is 1.77. The van der Waals surface area contributed by atoms with Crippen molar-refractivity contribution in [1.82, 2.24) is 14.0 Å². The average Bonchev–Trinajstić information content (AvgIpc) is 2.93. The van der Waals surface area contributed by atoms with Gasteiger partial charge in [0.15, 0.2) is 0 Å². The van der Waals surface area contributed by atoms with Crippen LogP contribution in [-0.2, 0) is 25.3 Å². The Hall–Kier alpha value is -2.53. The summed E-state index contributed by atoms with van der Waals surface area (Å²) in [5.41, 5.74) is 2.06. The third kappa shape index (κ3) is 13.9. The Balaban J connectivity index is 0. The van der Waals surface area contributed by atoms with Gasteiger partial charge in [0, 0.05) is 39.2 Å². The second-order valence-corrected chi connectivity index (χ2v) is 9.21. The van der Waals surface area contributed by atoms with E-state index in [1.165, 1.54) is 17.7 Å². The summed E-state index contributed by atoms with van der Waals surface area (Å²) >= 11 is 0. The molecule has 38 heavy (non-hydrogen) atoms. The molecule has 0 aliphatic heterocycles. The van der Waals surface area contributed by atoms with Gasteiger partial charge in [-0.3, -0.25) is 9.13 Å². The number of nitrogens with zero attached hydrogens (tertiary/aromatic N) is 4. The molecule has 0 atom stereocenters. The van der Waals surface area contributed by atoms with Gasteiger partial charge < -0.3 is 9.69 Å². The Labute approximate surface area is 232 Å². The van der Waals surface area contributed by atoms with E-state index in [9.17, 15) is 14.0 Å². The van der Waals surface area contributed by atoms with Crippen molar-refractivity contribution in [3.05, 3.63) is 56.8 Å². The summed E-state index contributed by atoms with van der Waals surface area (Å²) in [7, 11) is 7.06. The van der Waals surface area contributed by atoms with E-state index in [4.69, 9.17) is 4.99 Å². The van der Waals surface area contributed by atoms with Crippen molar-refractivity contribution < 1.29 is 9.18 Å². The largest absolute Gasteiger partial charge is 0.360 e. The number of amidine groups is 1. The van der Waals surface area contributed by atoms with E-state index >= 15 is 0 Å². The smallest absolute Gasteiger partial charge is 0.329 e. The Morgan fingerprint density at radius 1 is 0.974 bits per heavy atom. The number of aromatic nitrogens is 2. The van der Waals surface area contributed by atoms with Gasteiger partial charge >= 0.3 is 5.69 Å². The first-order valence-corrected chi connectivity index (χ1v) is 14.3. The molecule has 1 heterocycles. The first-order chi connectivity index (χ1) is 17.9. The third-order valence-corrected chi connectivity index (χ3v) is 6.45. The van der Waals surface area contributed by atoms with Crippen LogP contribution >= 0.6 is 8.86 Å². The zero-order valence-corrected chi connectivity index (χ0v) is 26.7. The molecule has 0 fully saturated rings. The molecular weight excluding hydrogens is 498 g/mol. The van der Waals surface area contributed by atoms with Crippen LogP contribution in [0.3, 0.4) is 0 Å². The zero-order chi connectivity index (χ0) is 29.8. The van der Waals surface area contributed by atoms with Crippen molar-refractivity contribution in [3.63, 3.8) is 0 Å². The molecule has 0 unspecified atom stereocenters. The van der Waals surface area contributed by atoms with Gasteiger partial charge in [0.2, 0.25) is 0 Å². The number of unbranched alkanes of at least 4 members (excludes halogenated alkanes) is 1. The third-order valence-electron chi connectivity index (χ3n) is 5.74. The van der Waals surface area contributed by atoms with Gasteiger partial charge in [-0.15, -0.1) is 0 Å². The van der Waals surface area contributed by atoms with Crippen molar-refractivity contribution in [2.24, 2.45) is 19.1 Å². The molecule has 0 bridgehead atoms. The minimum absolute atomic E-state index is 0.0854. The fourth-order valence-corrected chi connectivity index (χ4v) is 3.38. The number of hydrogen-bond acceptors (Lipinski definition) is 3. The van der Waals surface area contributed by atoms with E-state index in [0.29, 0.717) is 12.2 Å². The maximum absolute atomic E-state index is 12.2. The van der Waals surface area contributed by atoms with Gasteiger partial charge in [-0.25, -0.2) is 14.2 Å². The lowest BCUT2D eigenvalue weighted by molar-refractivity contribution is -0.116. The van der Waals surface area contributed by atoms with Crippen molar-refractivity contribution in [3.8, 4) is 0 Å². The Morgan fingerprint density at radius 3 is 1.92 bits per heavy atom. The molecular formula is C30H52FN4O2P. The summed E-state index contributed by atoms with van der Waals surface area (Å²) in [6.07, 6.45) is 5.04. The molecule has 0 aliphatic carbocycles. The van der Waals surface area contributed by atoms with E-state index in [-0.39, 0.29) is 17.3 Å². The fourth-order valence-electron chi connectivity index (χ4n) is 3.18. The summed E-state index contributed by atoms with van der Waals surface area (Å²) in [6.45, 7) is 19.8. The van der Waals surface area contributed by atoms with Gasteiger partial charge in [-0.2, -0.15) is 0 Å². The maximum atomic E-state index is 12.2. The van der Waals surface area contributed by atoms with E-state index in [1.54, 1.807) is 42.3 Å². The van der Waals surface area contributed by atoms with Crippen molar-refractivity contribution in [2.45, 2.75) is 94.4 Å². The van der Waals surface area contributed by atoms with E-state index in [0.717, 1.165) is 55.2 Å². The quantitative estimate of drug-likeness (QED) is 0.193. The van der Waals surface area contributed by atoms with Crippen LogP contribution in [0.1, 0.15) is 92.2 Å². The summed E-state index contributed by atoms with van der Waals surface area (Å²) in [6, 6.07) is 6.57. The number of benzene rings is 1. The van der Waals surface area contributed by atoms with Crippen LogP contribution in [-0.4, -0.2) is 38.7 Å². The van der Waals surface area contributed by atoms with Crippen LogP contribution in [0.15, 0.2) is 34.1 Å². The van der Waals surface area contributed by atoms with Crippen molar-refractivity contribution >= 4 is 26.3 Å². The number of Topliss-reactive ketones (excluding diaryl/α,β-unsaturated/α-hetero) is 1. The van der Waals surface area contributed by atoms with E-state index in [1.807, 2.05) is 41.5 Å². The van der Waals surface area contributed by atoms with Crippen molar-refractivity contribution in [2.75, 3.05) is 13.1 Å². The first kappa shape index (κ1) is 37.6. The van der Waals surface area contributed by atoms with E-state index in [2.05, 4.69) is 27.6 Å². The van der Waals surface area contributed by atoms with Crippen molar-refractivity contribution in [1.29, 1.82) is 0 Å². The number of rotatable bonds is 8. The Kier molecular flexibility index (Phi) is 21.2. The normalized spacial score (nSPS) is 10.3. The summed E-state index contributed by atoms with van der Waals surface area (Å²) < 4.78 is 15.4. The number of ketones is 1. The second-order valence-electron chi connectivity index (χ2n) is 8.73. The zero-order valence-electron chi connectivity index (χ0n) is 25.7. The number of carbonyl (C=O) groups is 1. The molecule has 0 N–H and O–H groups in total. The summed E-state index contributed by atoms with van der Waals surface area (Å²) in [5, 5.41) is 0.769. The maximum Gasteiger partial charge on any atom is 0.329 e. The van der Waals surface area contributed by atoms with Gasteiger partial charge in [0.25, 0.3) is 0 Å². The number of carbonyl (C=O) groups excluding carboxylic acids is 1. The molecule has 0 spiro atoms. The number of aryl methyl sites for hydroxylation is 1. The van der Waals surface area contributed by atoms with Crippen LogP contribution in [0.25, 0.3) is 0 Å². The molecule has 1 aromatic heterocycles. The molecule has 6 nitrogen and oxygen atoms in total. The van der Waals surface area contributed by atoms with Crippen LogP contribution in [0, 0.1) is 17.8 Å². The molecule has 2 aromatic rings. The molecule has 8 heteroatoms. The van der Waals surface area contributed by atoms with E-state index < -0.39 is 0 Å². The lowest BCUT2D eigenvalue weighted by atomic mass is 10.2. The highest BCUT2D eigenvalue weighted by Crippen LogP contribution is 2.18. The van der Waals surface area contributed by atoms with Gasteiger partial charge in [-0.1, -0.05) is 69.0 Å². The van der Waals surface area contributed by atoms with Crippen LogP contribution in [0.5, 0.6) is 0 Å². The highest BCUT2D eigenvalue weighted by molar-refractivity contribution is 7.07. The Bertz CT molecular complexity index is 1050. The monoisotopic (exact) mass is 550 g/mol. The molecule has 216 valence electrons. The molecule has 0 saturated carbocycles. The highest BCUT2D eigenvalue weighted by Gasteiger charge is 2.11. The molecule has 1 aromatic carbocycles. The standard InChI is InChI=1S/C16H29N4OP.C8H9F.C4H8O.C2H6/c1-7-9-11-20(10-8-2)13(4)17-14-12(3)15(22)19(6)16(21)18(14)5;1-2-7-3-5-8(9)6-4-7;1-3-4(2)5;1-2/h22H,7-11H2,1-6H3;3-6H,2H2,1H3;3H2,1-2H3;1-2H3/b17-13+;;;. The number of hydrogen-bond donors (Lipinski definition) is 0. The lowest BCUT2D eigenvalue weighted by Gasteiger charge is -2.24. The average molecular weight is 551 g/mol. The first-order valence-electron chi connectivity index (χ1n) is 13.8. The Morgan fingerprint density at radius 2 is 1.50 bits per heavy atom. The van der Waals surface area contributed by atoms with Gasteiger partial charge in [0.05, 0.1) is 5.07 Å². The molecule has 0 amide bonds. The predicted octanol–water partition coefficient (Wildman–Crippen LogP) is 7.67. The summed E-state index contributed by atoms with van der Waals surface area (Å²) in [4.78, 5) is 29.1. The van der Waals surface area contributed by atoms with Crippen LogP contribution < -0.4 is 5.69 Å². The SMILES string of the molecule is CC.CCC(C)=O.CCCCN(CCC)/C(C)=N/c1c(C)c(=P)n(C)c(=O)n1C.CCc1ccc(F)cc1. The molecule has 0 saturated heterocycles. The van der Waals surface area contributed by atoms with Crippen LogP contribution in [0.2, 0.25) is 0 Å². The van der Waals surface area contributed by atoms with Gasteiger partial charge in [-0.05, 0) is 57.7 Å². The molecule has 2 rings (SSSR count). The molecule has 0 radical (unpaired) electrons. The fraction of sp³-hybridized carbons (Fsp3) is 0.600. The van der Waals surface area contributed by atoms with Crippen LogP contribution in [0.4, 0.5) is 10.2 Å².